The van der Waals surface area contributed by atoms with Crippen LogP contribution in [-0.4, -0.2) is 27.5 Å². The number of imide groups is 1. The molecule has 0 saturated carbocycles. The lowest BCUT2D eigenvalue weighted by Gasteiger charge is -2.30. The van der Waals surface area contributed by atoms with Gasteiger partial charge in [0.2, 0.25) is 17.7 Å². The van der Waals surface area contributed by atoms with Gasteiger partial charge >= 0.3 is 4.87 Å². The second-order valence-corrected chi connectivity index (χ2v) is 13.6. The number of halogens is 3. The molecule has 0 radical (unpaired) electrons. The fraction of sp³-hybridized carbons (Fsp3) is 0.172. The Morgan fingerprint density at radius 3 is 2.44 bits per heavy atom. The normalized spacial score (nSPS) is 19.7. The van der Waals surface area contributed by atoms with Gasteiger partial charge in [-0.1, -0.05) is 92.1 Å². The number of thiazole rings is 1. The highest BCUT2D eigenvalue weighted by Gasteiger charge is 2.56. The SMILES string of the molecule is Cc1ccc(N2C(=O)C3Sc4c(sc(=O)n4CC(=O)Nc4ccc(Cl)c(Cl)c4)C(c4cccc(Br)c4)C3C2=O)cc1. The quantitative estimate of drug-likeness (QED) is 0.235. The molecule has 0 aliphatic carbocycles. The molecule has 3 aromatic carbocycles. The van der Waals surface area contributed by atoms with Gasteiger partial charge < -0.3 is 5.32 Å². The lowest BCUT2D eigenvalue weighted by molar-refractivity contribution is -0.122. The zero-order valence-corrected chi connectivity index (χ0v) is 26.0. The van der Waals surface area contributed by atoms with Crippen molar-refractivity contribution in [2.75, 3.05) is 10.2 Å². The number of thioether (sulfide) groups is 1. The summed E-state index contributed by atoms with van der Waals surface area (Å²) in [5, 5.41) is 3.14. The van der Waals surface area contributed by atoms with Crippen molar-refractivity contribution >= 4 is 91.3 Å². The molecular formula is C29H20BrCl2N3O4S2. The number of anilines is 2. The van der Waals surface area contributed by atoms with E-state index in [9.17, 15) is 19.2 Å². The van der Waals surface area contributed by atoms with Crippen LogP contribution in [0.5, 0.6) is 0 Å². The van der Waals surface area contributed by atoms with Crippen LogP contribution in [0.15, 0.2) is 81.0 Å². The fourth-order valence-corrected chi connectivity index (χ4v) is 8.67. The van der Waals surface area contributed by atoms with Crippen LogP contribution in [0.2, 0.25) is 10.0 Å². The monoisotopic (exact) mass is 687 g/mol. The van der Waals surface area contributed by atoms with E-state index in [0.29, 0.717) is 26.3 Å². The summed E-state index contributed by atoms with van der Waals surface area (Å²) >= 11 is 17.7. The molecular weight excluding hydrogens is 669 g/mol. The van der Waals surface area contributed by atoms with Crippen molar-refractivity contribution in [2.45, 2.75) is 29.7 Å². The fourth-order valence-electron chi connectivity index (χ4n) is 5.18. The minimum Gasteiger partial charge on any atom is -0.324 e. The van der Waals surface area contributed by atoms with Gasteiger partial charge in [0, 0.05) is 21.0 Å². The van der Waals surface area contributed by atoms with Crippen LogP contribution < -0.4 is 15.1 Å². The van der Waals surface area contributed by atoms with E-state index in [1.807, 2.05) is 43.3 Å². The second kappa shape index (κ2) is 11.1. The van der Waals surface area contributed by atoms with Crippen LogP contribution in [0.3, 0.4) is 0 Å². The second-order valence-electron chi connectivity index (χ2n) is 9.74. The van der Waals surface area contributed by atoms with Crippen LogP contribution in [0, 0.1) is 12.8 Å². The Balaban J connectivity index is 1.40. The largest absolute Gasteiger partial charge is 0.324 e. The van der Waals surface area contributed by atoms with E-state index in [1.54, 1.807) is 24.3 Å². The molecule has 3 amide bonds. The van der Waals surface area contributed by atoms with Gasteiger partial charge in [0.15, 0.2) is 0 Å². The first-order valence-electron chi connectivity index (χ1n) is 12.5. The molecule has 4 aromatic rings. The molecule has 0 spiro atoms. The van der Waals surface area contributed by atoms with Crippen LogP contribution in [0.25, 0.3) is 0 Å². The highest BCUT2D eigenvalue weighted by molar-refractivity contribution is 9.10. The lowest BCUT2D eigenvalue weighted by Crippen LogP contribution is -2.33. The number of amides is 3. The number of nitrogens with zero attached hydrogens (tertiary/aromatic N) is 2. The molecule has 3 unspecified atom stereocenters. The van der Waals surface area contributed by atoms with E-state index in [2.05, 4.69) is 21.2 Å². The van der Waals surface area contributed by atoms with Gasteiger partial charge in [-0.2, -0.15) is 0 Å². The third-order valence-corrected chi connectivity index (χ3v) is 10.9. The first-order valence-corrected chi connectivity index (χ1v) is 15.7. The van der Waals surface area contributed by atoms with E-state index in [1.165, 1.54) is 27.3 Å². The number of carbonyl (C=O) groups excluding carboxylic acids is 3. The molecule has 3 atom stereocenters. The standard InChI is InChI=1S/C29H20BrCl2N3O4S2/c1-14-5-8-18(9-6-14)35-26(37)23-22(15-3-2-4-16(30)11-15)25-28(40-24(23)27(35)38)34(29(39)41-25)13-21(36)33-17-7-10-19(31)20(32)12-17/h2-12,22-24H,13H2,1H3,(H,33,36). The average Bonchev–Trinajstić information content (AvgIpc) is 3.37. The van der Waals surface area contributed by atoms with Crippen molar-refractivity contribution in [1.29, 1.82) is 0 Å². The summed E-state index contributed by atoms with van der Waals surface area (Å²) in [7, 11) is 0. The molecule has 1 saturated heterocycles. The Kier molecular flexibility index (Phi) is 7.63. The maximum Gasteiger partial charge on any atom is 0.308 e. The first kappa shape index (κ1) is 28.2. The van der Waals surface area contributed by atoms with Crippen LogP contribution in [-0.2, 0) is 20.9 Å². The van der Waals surface area contributed by atoms with Gasteiger partial charge in [0.25, 0.3) is 0 Å². The van der Waals surface area contributed by atoms with Crippen LogP contribution in [0.1, 0.15) is 21.9 Å². The van der Waals surface area contributed by atoms with E-state index in [-0.39, 0.29) is 28.3 Å². The minimum absolute atomic E-state index is 0.273. The van der Waals surface area contributed by atoms with Gasteiger partial charge in [0.05, 0.1) is 26.7 Å². The molecule has 2 aliphatic rings. The molecule has 208 valence electrons. The van der Waals surface area contributed by atoms with Crippen molar-refractivity contribution in [1.82, 2.24) is 4.57 Å². The number of rotatable bonds is 5. The molecule has 1 fully saturated rings. The number of aromatic nitrogens is 1. The summed E-state index contributed by atoms with van der Waals surface area (Å²) in [6.45, 7) is 1.66. The Hall–Kier alpha value is -2.89. The third-order valence-electron chi connectivity index (χ3n) is 7.05. The number of benzene rings is 3. The minimum atomic E-state index is -0.765. The molecule has 0 bridgehead atoms. The van der Waals surface area contributed by atoms with Gasteiger partial charge in [-0.3, -0.25) is 23.7 Å². The third kappa shape index (κ3) is 5.17. The summed E-state index contributed by atoms with van der Waals surface area (Å²) in [6, 6.07) is 19.5. The number of hydrogen-bond donors (Lipinski definition) is 1. The molecule has 12 heteroatoms. The van der Waals surface area contributed by atoms with E-state index in [4.69, 9.17) is 23.2 Å². The zero-order chi connectivity index (χ0) is 29.0. The Morgan fingerprint density at radius 2 is 1.73 bits per heavy atom. The van der Waals surface area contributed by atoms with E-state index >= 15 is 0 Å². The van der Waals surface area contributed by atoms with Gasteiger partial charge in [0.1, 0.15) is 11.8 Å². The van der Waals surface area contributed by atoms with Gasteiger partial charge in [-0.15, -0.1) is 0 Å². The van der Waals surface area contributed by atoms with Gasteiger partial charge in [-0.05, 0) is 55.0 Å². The van der Waals surface area contributed by atoms with Crippen molar-refractivity contribution in [3.8, 4) is 0 Å². The van der Waals surface area contributed by atoms with Crippen LogP contribution >= 0.6 is 62.2 Å². The Morgan fingerprint density at radius 1 is 0.976 bits per heavy atom. The summed E-state index contributed by atoms with van der Waals surface area (Å²) < 4.78 is 2.19. The number of fused-ring (bicyclic) bond motifs is 2. The first-order chi connectivity index (χ1) is 19.6. The predicted octanol–water partition coefficient (Wildman–Crippen LogP) is 6.72. The van der Waals surface area contributed by atoms with E-state index < -0.39 is 23.0 Å². The van der Waals surface area contributed by atoms with Crippen LogP contribution in [0.4, 0.5) is 11.4 Å². The molecule has 2 aliphatic heterocycles. The summed E-state index contributed by atoms with van der Waals surface area (Å²) in [6.07, 6.45) is 0. The van der Waals surface area contributed by atoms with Crippen molar-refractivity contribution in [3.63, 3.8) is 0 Å². The van der Waals surface area contributed by atoms with E-state index in [0.717, 1.165) is 26.9 Å². The lowest BCUT2D eigenvalue weighted by atomic mass is 9.83. The maximum absolute atomic E-state index is 14.0. The molecule has 1 N–H and O–H groups in total. The van der Waals surface area contributed by atoms with Crippen molar-refractivity contribution in [3.05, 3.63) is 107 Å². The molecule has 7 nitrogen and oxygen atoms in total. The number of carbonyl (C=O) groups is 3. The average molecular weight is 689 g/mol. The highest BCUT2D eigenvalue weighted by Crippen LogP contribution is 2.54. The Bertz CT molecular complexity index is 1790. The molecule has 1 aromatic heterocycles. The number of aryl methyl sites for hydroxylation is 1. The smallest absolute Gasteiger partial charge is 0.308 e. The zero-order valence-electron chi connectivity index (χ0n) is 21.3. The highest BCUT2D eigenvalue weighted by atomic mass is 79.9. The summed E-state index contributed by atoms with van der Waals surface area (Å²) in [4.78, 5) is 55.7. The van der Waals surface area contributed by atoms with Crippen molar-refractivity contribution < 1.29 is 14.4 Å². The van der Waals surface area contributed by atoms with Crippen molar-refractivity contribution in [2.24, 2.45) is 5.92 Å². The summed E-state index contributed by atoms with van der Waals surface area (Å²) in [5.74, 6) is -2.35. The maximum atomic E-state index is 14.0. The predicted molar refractivity (Wildman–Crippen MR) is 166 cm³/mol. The number of hydrogen-bond acceptors (Lipinski definition) is 6. The Labute approximate surface area is 261 Å². The molecule has 6 rings (SSSR count). The summed E-state index contributed by atoms with van der Waals surface area (Å²) in [5.41, 5.74) is 2.76. The topological polar surface area (TPSA) is 88.5 Å². The molecule has 41 heavy (non-hydrogen) atoms. The molecule has 3 heterocycles. The number of nitrogens with one attached hydrogen (secondary N) is 1. The van der Waals surface area contributed by atoms with Gasteiger partial charge in [-0.25, -0.2) is 4.90 Å².